The molecule has 1 aliphatic heterocycles. The van der Waals surface area contributed by atoms with Crippen molar-refractivity contribution in [2.24, 2.45) is 0 Å². The number of furan rings is 1. The Morgan fingerprint density at radius 1 is 1.29 bits per heavy atom. The number of aromatic nitrogens is 2. The van der Waals surface area contributed by atoms with Crippen molar-refractivity contribution in [2.45, 2.75) is 6.92 Å². The summed E-state index contributed by atoms with van der Waals surface area (Å²) in [6, 6.07) is 1.87. The minimum atomic E-state index is 0.250. The first-order chi connectivity index (χ1) is 8.24. The van der Waals surface area contributed by atoms with Crippen LogP contribution in [0, 0.1) is 6.92 Å². The van der Waals surface area contributed by atoms with Gasteiger partial charge in [-0.3, -0.25) is 0 Å². The third kappa shape index (κ3) is 1.96. The number of nitrogens with zero attached hydrogens (tertiary/aromatic N) is 3. The van der Waals surface area contributed by atoms with Gasteiger partial charge in [0.15, 0.2) is 11.4 Å². The molecule has 1 aliphatic rings. The van der Waals surface area contributed by atoms with Crippen molar-refractivity contribution in [1.82, 2.24) is 9.97 Å². The molecular weight excluding hydrogens is 242 g/mol. The summed E-state index contributed by atoms with van der Waals surface area (Å²) in [5.41, 5.74) is 1.46. The number of fused-ring (bicyclic) bond motifs is 1. The van der Waals surface area contributed by atoms with E-state index in [1.807, 2.05) is 13.0 Å². The number of hydrogen-bond donors (Lipinski definition) is 0. The van der Waals surface area contributed by atoms with Crippen molar-refractivity contribution >= 4 is 28.5 Å². The zero-order valence-electron chi connectivity index (χ0n) is 9.44. The van der Waals surface area contributed by atoms with Gasteiger partial charge in [0.05, 0.1) is 13.2 Å². The van der Waals surface area contributed by atoms with Crippen molar-refractivity contribution in [3.63, 3.8) is 0 Å². The Balaban J connectivity index is 2.12. The molecule has 0 aliphatic carbocycles. The van der Waals surface area contributed by atoms with Gasteiger partial charge in [-0.15, -0.1) is 0 Å². The van der Waals surface area contributed by atoms with Crippen LogP contribution in [0.25, 0.3) is 11.1 Å². The van der Waals surface area contributed by atoms with E-state index in [4.69, 9.17) is 20.8 Å². The second-order valence-corrected chi connectivity index (χ2v) is 4.33. The molecule has 0 spiro atoms. The van der Waals surface area contributed by atoms with Crippen LogP contribution in [0.1, 0.15) is 5.76 Å². The quantitative estimate of drug-likeness (QED) is 0.728. The molecule has 0 unspecified atom stereocenters. The number of morpholine rings is 1. The van der Waals surface area contributed by atoms with E-state index in [1.165, 1.54) is 0 Å². The zero-order chi connectivity index (χ0) is 11.8. The fourth-order valence-electron chi connectivity index (χ4n) is 2.00. The Hall–Kier alpha value is -1.33. The lowest BCUT2D eigenvalue weighted by atomic mass is 10.3. The first-order valence-corrected chi connectivity index (χ1v) is 5.88. The highest BCUT2D eigenvalue weighted by molar-refractivity contribution is 6.28. The van der Waals surface area contributed by atoms with Crippen LogP contribution in [0.4, 0.5) is 5.82 Å². The zero-order valence-corrected chi connectivity index (χ0v) is 10.2. The number of halogens is 1. The first-order valence-electron chi connectivity index (χ1n) is 5.50. The Morgan fingerprint density at radius 2 is 2.06 bits per heavy atom. The lowest BCUT2D eigenvalue weighted by Crippen LogP contribution is -2.36. The van der Waals surface area contributed by atoms with Crippen LogP contribution in [0.5, 0.6) is 0 Å². The predicted molar refractivity (Wildman–Crippen MR) is 64.6 cm³/mol. The molecule has 3 rings (SSSR count). The number of rotatable bonds is 1. The summed E-state index contributed by atoms with van der Waals surface area (Å²) in [5.74, 6) is 1.57. The lowest BCUT2D eigenvalue weighted by Gasteiger charge is -2.27. The minimum Gasteiger partial charge on any atom is -0.456 e. The number of hydrogen-bond acceptors (Lipinski definition) is 5. The van der Waals surface area contributed by atoms with Gasteiger partial charge in [0.25, 0.3) is 0 Å². The molecule has 5 nitrogen and oxygen atoms in total. The Bertz CT molecular complexity index is 549. The average Bonchev–Trinajstić information content (AvgIpc) is 2.69. The summed E-state index contributed by atoms with van der Waals surface area (Å²) in [4.78, 5) is 10.5. The largest absolute Gasteiger partial charge is 0.456 e. The van der Waals surface area contributed by atoms with E-state index in [-0.39, 0.29) is 5.28 Å². The Labute approximate surface area is 103 Å². The predicted octanol–water partition coefficient (Wildman–Crippen LogP) is 2.02. The Morgan fingerprint density at radius 3 is 2.82 bits per heavy atom. The molecule has 0 aromatic carbocycles. The van der Waals surface area contributed by atoms with E-state index in [0.717, 1.165) is 30.2 Å². The smallest absolute Gasteiger partial charge is 0.225 e. The molecule has 0 bridgehead atoms. The maximum Gasteiger partial charge on any atom is 0.225 e. The fraction of sp³-hybridized carbons (Fsp3) is 0.455. The molecule has 2 aromatic rings. The molecule has 0 atom stereocenters. The molecule has 0 saturated carbocycles. The molecule has 0 amide bonds. The van der Waals surface area contributed by atoms with Gasteiger partial charge in [-0.05, 0) is 18.5 Å². The van der Waals surface area contributed by atoms with E-state index < -0.39 is 0 Å². The summed E-state index contributed by atoms with van der Waals surface area (Å²) in [6.07, 6.45) is 0. The van der Waals surface area contributed by atoms with Gasteiger partial charge in [0, 0.05) is 19.2 Å². The van der Waals surface area contributed by atoms with Gasteiger partial charge in [0.1, 0.15) is 11.3 Å². The van der Waals surface area contributed by atoms with E-state index >= 15 is 0 Å². The maximum atomic E-state index is 5.93. The van der Waals surface area contributed by atoms with Crippen LogP contribution >= 0.6 is 11.6 Å². The number of aryl methyl sites for hydroxylation is 1. The fourth-order valence-corrected chi connectivity index (χ4v) is 2.17. The highest BCUT2D eigenvalue weighted by Crippen LogP contribution is 2.28. The highest BCUT2D eigenvalue weighted by Gasteiger charge is 2.19. The van der Waals surface area contributed by atoms with Gasteiger partial charge < -0.3 is 14.1 Å². The second-order valence-electron chi connectivity index (χ2n) is 3.99. The standard InChI is InChI=1S/C11H12ClN3O2/c1-7-6-8-9(17-7)10(14-11(12)13-8)15-2-4-16-5-3-15/h6H,2-5H2,1H3. The van der Waals surface area contributed by atoms with Gasteiger partial charge >= 0.3 is 0 Å². The van der Waals surface area contributed by atoms with Crippen molar-refractivity contribution in [1.29, 1.82) is 0 Å². The Kier molecular flexibility index (Phi) is 2.64. The third-order valence-corrected chi connectivity index (χ3v) is 2.93. The van der Waals surface area contributed by atoms with Crippen LogP contribution in [-0.2, 0) is 4.74 Å². The molecule has 1 saturated heterocycles. The van der Waals surface area contributed by atoms with Crippen LogP contribution < -0.4 is 4.90 Å². The summed E-state index contributed by atoms with van der Waals surface area (Å²) in [5, 5.41) is 0.250. The molecule has 3 heterocycles. The van der Waals surface area contributed by atoms with Gasteiger partial charge in [-0.25, -0.2) is 4.98 Å². The minimum absolute atomic E-state index is 0.250. The van der Waals surface area contributed by atoms with Gasteiger partial charge in [-0.2, -0.15) is 4.98 Å². The molecule has 0 radical (unpaired) electrons. The van der Waals surface area contributed by atoms with Gasteiger partial charge in [-0.1, -0.05) is 0 Å². The van der Waals surface area contributed by atoms with Crippen molar-refractivity contribution in [3.8, 4) is 0 Å². The molecular formula is C11H12ClN3O2. The monoisotopic (exact) mass is 253 g/mol. The summed E-state index contributed by atoms with van der Waals surface area (Å²) in [6.45, 7) is 4.87. The topological polar surface area (TPSA) is 51.4 Å². The van der Waals surface area contributed by atoms with E-state index in [2.05, 4.69) is 14.9 Å². The van der Waals surface area contributed by atoms with E-state index in [9.17, 15) is 0 Å². The second kappa shape index (κ2) is 4.16. The van der Waals surface area contributed by atoms with Crippen LogP contribution in [0.3, 0.4) is 0 Å². The molecule has 17 heavy (non-hydrogen) atoms. The molecule has 6 heteroatoms. The third-order valence-electron chi connectivity index (χ3n) is 2.76. The molecule has 90 valence electrons. The van der Waals surface area contributed by atoms with Crippen molar-refractivity contribution in [2.75, 3.05) is 31.2 Å². The molecule has 2 aromatic heterocycles. The highest BCUT2D eigenvalue weighted by atomic mass is 35.5. The van der Waals surface area contributed by atoms with Crippen LogP contribution in [-0.4, -0.2) is 36.3 Å². The first kappa shape index (κ1) is 10.8. The number of anilines is 1. The van der Waals surface area contributed by atoms with E-state index in [0.29, 0.717) is 18.8 Å². The summed E-state index contributed by atoms with van der Waals surface area (Å²) < 4.78 is 11.0. The van der Waals surface area contributed by atoms with E-state index in [1.54, 1.807) is 0 Å². The molecule has 1 fully saturated rings. The summed E-state index contributed by atoms with van der Waals surface area (Å²) in [7, 11) is 0. The van der Waals surface area contributed by atoms with Crippen LogP contribution in [0.2, 0.25) is 5.28 Å². The van der Waals surface area contributed by atoms with Crippen LogP contribution in [0.15, 0.2) is 10.5 Å². The average molecular weight is 254 g/mol. The molecule has 0 N–H and O–H groups in total. The number of ether oxygens (including phenoxy) is 1. The van der Waals surface area contributed by atoms with Crippen molar-refractivity contribution in [3.05, 3.63) is 17.1 Å². The maximum absolute atomic E-state index is 5.93. The van der Waals surface area contributed by atoms with Crippen molar-refractivity contribution < 1.29 is 9.15 Å². The lowest BCUT2D eigenvalue weighted by molar-refractivity contribution is 0.122. The summed E-state index contributed by atoms with van der Waals surface area (Å²) >= 11 is 5.93. The SMILES string of the molecule is Cc1cc2nc(Cl)nc(N3CCOCC3)c2o1. The normalized spacial score (nSPS) is 16.7. The van der Waals surface area contributed by atoms with Gasteiger partial charge in [0.2, 0.25) is 5.28 Å².